The highest BCUT2D eigenvalue weighted by Crippen LogP contribution is 2.23. The van der Waals surface area contributed by atoms with Gasteiger partial charge in [-0.2, -0.15) is 0 Å². The molecule has 5 heteroatoms. The van der Waals surface area contributed by atoms with Gasteiger partial charge in [-0.25, -0.2) is 0 Å². The summed E-state index contributed by atoms with van der Waals surface area (Å²) in [6.07, 6.45) is 1.52. The molecule has 1 fully saturated rings. The molecule has 1 saturated heterocycles. The summed E-state index contributed by atoms with van der Waals surface area (Å²) in [5, 5.41) is 12.3. The van der Waals surface area contributed by atoms with Gasteiger partial charge in [0, 0.05) is 30.4 Å². The van der Waals surface area contributed by atoms with Crippen LogP contribution in [-0.2, 0) is 4.79 Å². The lowest BCUT2D eigenvalue weighted by Crippen LogP contribution is -2.37. The van der Waals surface area contributed by atoms with Crippen LogP contribution in [0.2, 0.25) is 0 Å². The van der Waals surface area contributed by atoms with Crippen LogP contribution in [0.5, 0.6) is 0 Å². The van der Waals surface area contributed by atoms with E-state index in [0.717, 1.165) is 24.2 Å². The van der Waals surface area contributed by atoms with Crippen molar-refractivity contribution in [3.05, 3.63) is 23.8 Å². The van der Waals surface area contributed by atoms with Crippen molar-refractivity contribution in [2.75, 3.05) is 30.7 Å². The maximum absolute atomic E-state index is 12.1. The van der Waals surface area contributed by atoms with E-state index in [-0.39, 0.29) is 18.6 Å². The largest absolute Gasteiger partial charge is 0.399 e. The molecular weight excluding hydrogens is 266 g/mol. The van der Waals surface area contributed by atoms with Gasteiger partial charge in [-0.05, 0) is 49.6 Å². The second-order valence-corrected chi connectivity index (χ2v) is 5.92. The number of nitrogens with two attached hydrogens (primary N) is 1. The standard InChI is InChI=1S/C16H25N3O2/c1-11-5-7-19(15(11)10-20)8-6-16(21)18-14-4-3-13(17)9-12(14)2/h3-4,9,11,15,20H,5-8,10,17H2,1-2H3,(H,18,21). The fourth-order valence-corrected chi connectivity index (χ4v) is 2.95. The molecule has 0 spiro atoms. The number of aliphatic hydroxyl groups is 1. The molecule has 5 nitrogen and oxygen atoms in total. The van der Waals surface area contributed by atoms with E-state index in [2.05, 4.69) is 17.1 Å². The van der Waals surface area contributed by atoms with Crippen LogP contribution >= 0.6 is 0 Å². The van der Waals surface area contributed by atoms with Gasteiger partial charge in [0.2, 0.25) is 5.91 Å². The summed E-state index contributed by atoms with van der Waals surface area (Å²) in [5.41, 5.74) is 8.17. The number of rotatable bonds is 5. The zero-order chi connectivity index (χ0) is 15.4. The van der Waals surface area contributed by atoms with E-state index < -0.39 is 0 Å². The Balaban J connectivity index is 1.85. The first-order valence-electron chi connectivity index (χ1n) is 7.52. The number of hydrogen-bond donors (Lipinski definition) is 3. The molecule has 116 valence electrons. The summed E-state index contributed by atoms with van der Waals surface area (Å²) in [6, 6.07) is 5.65. The predicted molar refractivity (Wildman–Crippen MR) is 85.1 cm³/mol. The smallest absolute Gasteiger partial charge is 0.225 e. The summed E-state index contributed by atoms with van der Waals surface area (Å²) in [6.45, 7) is 5.89. The molecule has 21 heavy (non-hydrogen) atoms. The molecule has 4 N–H and O–H groups in total. The Labute approximate surface area is 126 Å². The van der Waals surface area contributed by atoms with Crippen molar-refractivity contribution >= 4 is 17.3 Å². The van der Waals surface area contributed by atoms with Crippen molar-refractivity contribution in [1.29, 1.82) is 0 Å². The number of benzene rings is 1. The molecule has 0 radical (unpaired) electrons. The van der Waals surface area contributed by atoms with Crippen LogP contribution in [0.3, 0.4) is 0 Å². The molecule has 1 aromatic rings. The third kappa shape index (κ3) is 3.95. The average molecular weight is 291 g/mol. The molecule has 2 rings (SSSR count). The molecule has 1 aromatic carbocycles. The number of carbonyl (C=O) groups excluding carboxylic acids is 1. The zero-order valence-corrected chi connectivity index (χ0v) is 12.8. The Bertz CT molecular complexity index is 504. The maximum Gasteiger partial charge on any atom is 0.225 e. The highest BCUT2D eigenvalue weighted by Gasteiger charge is 2.30. The normalized spacial score (nSPS) is 22.4. The number of aliphatic hydroxyl groups excluding tert-OH is 1. The predicted octanol–water partition coefficient (Wildman–Crippen LogP) is 1.61. The van der Waals surface area contributed by atoms with Crippen molar-refractivity contribution in [1.82, 2.24) is 4.90 Å². The van der Waals surface area contributed by atoms with E-state index >= 15 is 0 Å². The van der Waals surface area contributed by atoms with Crippen molar-refractivity contribution in [2.45, 2.75) is 32.7 Å². The van der Waals surface area contributed by atoms with Gasteiger partial charge in [0.15, 0.2) is 0 Å². The lowest BCUT2D eigenvalue weighted by molar-refractivity contribution is -0.116. The first-order chi connectivity index (χ1) is 10.0. The van der Waals surface area contributed by atoms with Crippen LogP contribution in [0, 0.1) is 12.8 Å². The maximum atomic E-state index is 12.1. The monoisotopic (exact) mass is 291 g/mol. The molecule has 1 heterocycles. The van der Waals surface area contributed by atoms with Gasteiger partial charge in [0.25, 0.3) is 0 Å². The Morgan fingerprint density at radius 3 is 2.95 bits per heavy atom. The number of nitrogens with one attached hydrogen (secondary N) is 1. The zero-order valence-electron chi connectivity index (χ0n) is 12.8. The average Bonchev–Trinajstić information content (AvgIpc) is 2.80. The number of anilines is 2. The van der Waals surface area contributed by atoms with E-state index in [1.807, 2.05) is 19.1 Å². The number of nitrogens with zero attached hydrogens (tertiary/aromatic N) is 1. The fourth-order valence-electron chi connectivity index (χ4n) is 2.95. The number of likely N-dealkylation sites (tertiary alicyclic amines) is 1. The molecule has 0 saturated carbocycles. The molecule has 0 aromatic heterocycles. The first kappa shape index (κ1) is 15.8. The van der Waals surface area contributed by atoms with Crippen LogP contribution in [-0.4, -0.2) is 41.7 Å². The number of aryl methyl sites for hydroxylation is 1. The minimum Gasteiger partial charge on any atom is -0.399 e. The van der Waals surface area contributed by atoms with Crippen molar-refractivity contribution in [3.63, 3.8) is 0 Å². The third-order valence-electron chi connectivity index (χ3n) is 4.34. The summed E-state index contributed by atoms with van der Waals surface area (Å²) < 4.78 is 0. The Morgan fingerprint density at radius 2 is 2.29 bits per heavy atom. The topological polar surface area (TPSA) is 78.6 Å². The van der Waals surface area contributed by atoms with E-state index in [1.165, 1.54) is 0 Å². The molecule has 2 atom stereocenters. The van der Waals surface area contributed by atoms with E-state index in [9.17, 15) is 9.90 Å². The fraction of sp³-hybridized carbons (Fsp3) is 0.562. The molecule has 0 bridgehead atoms. The van der Waals surface area contributed by atoms with E-state index in [0.29, 0.717) is 24.6 Å². The molecule has 2 unspecified atom stereocenters. The summed E-state index contributed by atoms with van der Waals surface area (Å²) in [7, 11) is 0. The van der Waals surface area contributed by atoms with E-state index in [1.54, 1.807) is 6.07 Å². The number of amides is 1. The van der Waals surface area contributed by atoms with Gasteiger partial charge in [0.05, 0.1) is 6.61 Å². The Hall–Kier alpha value is -1.59. The summed E-state index contributed by atoms with van der Waals surface area (Å²) >= 11 is 0. The van der Waals surface area contributed by atoms with Gasteiger partial charge < -0.3 is 16.2 Å². The van der Waals surface area contributed by atoms with Crippen LogP contribution < -0.4 is 11.1 Å². The van der Waals surface area contributed by atoms with Crippen LogP contribution in [0.4, 0.5) is 11.4 Å². The van der Waals surface area contributed by atoms with Gasteiger partial charge >= 0.3 is 0 Å². The first-order valence-corrected chi connectivity index (χ1v) is 7.52. The SMILES string of the molecule is Cc1cc(N)ccc1NC(=O)CCN1CCC(C)C1CO. The Kier molecular flexibility index (Phi) is 5.20. The quantitative estimate of drug-likeness (QED) is 0.720. The molecule has 1 aliphatic heterocycles. The second-order valence-electron chi connectivity index (χ2n) is 5.92. The Morgan fingerprint density at radius 1 is 1.52 bits per heavy atom. The molecular formula is C16H25N3O2. The van der Waals surface area contributed by atoms with Crippen molar-refractivity contribution in [3.8, 4) is 0 Å². The van der Waals surface area contributed by atoms with Gasteiger partial charge in [-0.15, -0.1) is 0 Å². The van der Waals surface area contributed by atoms with Gasteiger partial charge in [0.1, 0.15) is 0 Å². The third-order valence-corrected chi connectivity index (χ3v) is 4.34. The lowest BCUT2D eigenvalue weighted by Gasteiger charge is -2.24. The van der Waals surface area contributed by atoms with Crippen molar-refractivity contribution < 1.29 is 9.90 Å². The molecule has 1 amide bonds. The second kappa shape index (κ2) is 6.91. The van der Waals surface area contributed by atoms with Crippen molar-refractivity contribution in [2.24, 2.45) is 5.92 Å². The van der Waals surface area contributed by atoms with Gasteiger partial charge in [-0.1, -0.05) is 6.92 Å². The minimum atomic E-state index is -0.000820. The highest BCUT2D eigenvalue weighted by atomic mass is 16.3. The molecule has 0 aliphatic carbocycles. The van der Waals surface area contributed by atoms with E-state index in [4.69, 9.17) is 5.73 Å². The van der Waals surface area contributed by atoms with Crippen LogP contribution in [0.15, 0.2) is 18.2 Å². The van der Waals surface area contributed by atoms with Crippen LogP contribution in [0.1, 0.15) is 25.3 Å². The number of nitrogen functional groups attached to an aromatic ring is 1. The van der Waals surface area contributed by atoms with Crippen LogP contribution in [0.25, 0.3) is 0 Å². The summed E-state index contributed by atoms with van der Waals surface area (Å²) in [5.74, 6) is 0.497. The van der Waals surface area contributed by atoms with Gasteiger partial charge in [-0.3, -0.25) is 9.69 Å². The minimum absolute atomic E-state index is 0.000820. The summed E-state index contributed by atoms with van der Waals surface area (Å²) in [4.78, 5) is 14.3. The lowest BCUT2D eigenvalue weighted by atomic mass is 10.0. The highest BCUT2D eigenvalue weighted by molar-refractivity contribution is 5.91. The molecule has 1 aliphatic rings. The number of carbonyl (C=O) groups is 1. The number of hydrogen-bond acceptors (Lipinski definition) is 4.